The smallest absolute Gasteiger partial charge is 0.341 e. The molecule has 40 heavy (non-hydrogen) atoms. The molecule has 218 valence electrons. The van der Waals surface area contributed by atoms with Crippen LogP contribution >= 0.6 is 23.2 Å². The first-order valence-electron chi connectivity index (χ1n) is 12.7. The van der Waals surface area contributed by atoms with Gasteiger partial charge < -0.3 is 15.5 Å². The van der Waals surface area contributed by atoms with Crippen molar-refractivity contribution < 1.29 is 31.2 Å². The second-order valence-corrected chi connectivity index (χ2v) is 13.2. The van der Waals surface area contributed by atoms with Gasteiger partial charge in [0.2, 0.25) is 5.91 Å². The average Bonchev–Trinajstić information content (AvgIpc) is 3.70. The molecule has 2 aromatic carbocycles. The average molecular weight is 622 g/mol. The Hall–Kier alpha value is -2.70. The van der Waals surface area contributed by atoms with E-state index in [1.165, 1.54) is 29.2 Å². The number of nitrogens with zero attached hydrogens (tertiary/aromatic N) is 2. The predicted molar refractivity (Wildman–Crippen MR) is 146 cm³/mol. The van der Waals surface area contributed by atoms with Gasteiger partial charge >= 0.3 is 12.2 Å². The maximum atomic E-state index is 13.7. The van der Waals surface area contributed by atoms with Gasteiger partial charge in [-0.2, -0.15) is 13.2 Å². The van der Waals surface area contributed by atoms with Crippen LogP contribution in [0.2, 0.25) is 10.0 Å². The molecule has 1 unspecified atom stereocenters. The number of carbonyl (C=O) groups excluding carboxylic acids is 2. The van der Waals surface area contributed by atoms with Gasteiger partial charge in [0.05, 0.1) is 21.2 Å². The summed E-state index contributed by atoms with van der Waals surface area (Å²) in [7, 11) is -4.54. The molecular weight excluding hydrogens is 592 g/mol. The van der Waals surface area contributed by atoms with E-state index in [9.17, 15) is 31.2 Å². The standard InChI is InChI=1S/C26H29Cl2F3N4O4S/c1-25(15-32-24(37)33-19-6-7-19)11-2-12-34(16-25)23(36)14-35(40(38,39)20-8-4-18(27)5-9-20)22-13-17(26(29,30)31)3-10-21(22)28/h3-5,8-10,13,19H,2,6-7,11-12,14-16H2,1H3,(H2,32,33,37). The van der Waals surface area contributed by atoms with Crippen molar-refractivity contribution in [2.45, 2.75) is 49.7 Å². The Balaban J connectivity index is 1.60. The molecule has 1 atom stereocenters. The fourth-order valence-corrected chi connectivity index (χ4v) is 6.39. The molecule has 1 aliphatic carbocycles. The summed E-state index contributed by atoms with van der Waals surface area (Å²) in [6.07, 6.45) is -1.57. The Bertz CT molecular complexity index is 1370. The zero-order valence-corrected chi connectivity index (χ0v) is 23.9. The minimum Gasteiger partial charge on any atom is -0.341 e. The first kappa shape index (κ1) is 30.3. The number of halogens is 5. The molecular formula is C26H29Cl2F3N4O4S. The van der Waals surface area contributed by atoms with E-state index >= 15 is 0 Å². The summed E-state index contributed by atoms with van der Waals surface area (Å²) in [6.45, 7) is 1.98. The van der Waals surface area contributed by atoms with Crippen LogP contribution in [0.25, 0.3) is 0 Å². The van der Waals surface area contributed by atoms with E-state index in [1.807, 2.05) is 6.92 Å². The number of urea groups is 1. The highest BCUT2D eigenvalue weighted by molar-refractivity contribution is 7.92. The predicted octanol–water partition coefficient (Wildman–Crippen LogP) is 5.30. The Morgan fingerprint density at radius 3 is 2.42 bits per heavy atom. The third-order valence-corrected chi connectivity index (χ3v) is 9.29. The van der Waals surface area contributed by atoms with Gasteiger partial charge in [-0.1, -0.05) is 30.1 Å². The number of likely N-dealkylation sites (tertiary alicyclic amines) is 1. The number of piperidine rings is 1. The van der Waals surface area contributed by atoms with Crippen LogP contribution in [-0.2, 0) is 21.0 Å². The maximum absolute atomic E-state index is 13.7. The van der Waals surface area contributed by atoms with Crippen molar-refractivity contribution in [3.63, 3.8) is 0 Å². The highest BCUT2D eigenvalue weighted by Gasteiger charge is 2.38. The summed E-state index contributed by atoms with van der Waals surface area (Å²) in [5.74, 6) is -0.612. The van der Waals surface area contributed by atoms with Crippen LogP contribution in [-0.4, -0.2) is 57.5 Å². The fourth-order valence-electron chi connectivity index (χ4n) is 4.57. The lowest BCUT2D eigenvalue weighted by Crippen LogP contribution is -2.53. The zero-order valence-electron chi connectivity index (χ0n) is 21.6. The van der Waals surface area contributed by atoms with Gasteiger partial charge in [0.1, 0.15) is 6.54 Å². The number of anilines is 1. The van der Waals surface area contributed by atoms with E-state index < -0.39 is 45.3 Å². The van der Waals surface area contributed by atoms with Crippen LogP contribution in [0, 0.1) is 5.41 Å². The molecule has 3 amide bonds. The van der Waals surface area contributed by atoms with Crippen LogP contribution in [0.3, 0.4) is 0 Å². The summed E-state index contributed by atoms with van der Waals surface area (Å²) in [5.41, 5.74) is -2.07. The molecule has 2 aliphatic rings. The van der Waals surface area contributed by atoms with Gasteiger partial charge in [0, 0.05) is 36.1 Å². The summed E-state index contributed by atoms with van der Waals surface area (Å²) >= 11 is 12.1. The van der Waals surface area contributed by atoms with E-state index in [1.54, 1.807) is 0 Å². The minimum atomic E-state index is -4.77. The van der Waals surface area contributed by atoms with Gasteiger partial charge in [0.25, 0.3) is 10.0 Å². The normalized spacial score (nSPS) is 19.7. The molecule has 8 nitrogen and oxygen atoms in total. The number of rotatable bonds is 8. The number of hydrogen-bond acceptors (Lipinski definition) is 4. The van der Waals surface area contributed by atoms with Crippen LogP contribution in [0.5, 0.6) is 0 Å². The van der Waals surface area contributed by atoms with Crippen LogP contribution in [0.15, 0.2) is 47.4 Å². The highest BCUT2D eigenvalue weighted by atomic mass is 35.5. The summed E-state index contributed by atoms with van der Waals surface area (Å²) in [6, 6.07) is 7.26. The summed E-state index contributed by atoms with van der Waals surface area (Å²) in [4.78, 5) is 26.8. The largest absolute Gasteiger partial charge is 0.416 e. The Morgan fingerprint density at radius 2 is 1.80 bits per heavy atom. The Morgan fingerprint density at radius 1 is 1.12 bits per heavy atom. The molecule has 0 bridgehead atoms. The summed E-state index contributed by atoms with van der Waals surface area (Å²) < 4.78 is 68.6. The van der Waals surface area contributed by atoms with Gasteiger partial charge in [0.15, 0.2) is 0 Å². The quantitative estimate of drug-likeness (QED) is 0.418. The summed E-state index contributed by atoms with van der Waals surface area (Å²) in [5, 5.41) is 5.66. The number of alkyl halides is 3. The lowest BCUT2D eigenvalue weighted by Gasteiger charge is -2.41. The molecule has 1 saturated carbocycles. The third-order valence-electron chi connectivity index (χ3n) is 6.94. The second kappa shape index (κ2) is 11.7. The molecule has 0 aromatic heterocycles. The van der Waals surface area contributed by atoms with Gasteiger partial charge in [-0.05, 0) is 68.1 Å². The van der Waals surface area contributed by atoms with Gasteiger partial charge in [-0.15, -0.1) is 0 Å². The zero-order chi connectivity index (χ0) is 29.3. The van der Waals surface area contributed by atoms with Crippen molar-refractivity contribution in [1.29, 1.82) is 0 Å². The molecule has 14 heteroatoms. The molecule has 1 heterocycles. The maximum Gasteiger partial charge on any atom is 0.416 e. The van der Waals surface area contributed by atoms with Crippen molar-refractivity contribution in [2.75, 3.05) is 30.5 Å². The van der Waals surface area contributed by atoms with Crippen LogP contribution < -0.4 is 14.9 Å². The van der Waals surface area contributed by atoms with Crippen molar-refractivity contribution >= 4 is 50.9 Å². The minimum absolute atomic E-state index is 0.188. The number of sulfonamides is 1. The molecule has 0 radical (unpaired) electrons. The number of amides is 3. The molecule has 2 N–H and O–H groups in total. The van der Waals surface area contributed by atoms with E-state index in [2.05, 4.69) is 10.6 Å². The Kier molecular flexibility index (Phi) is 8.82. The van der Waals surface area contributed by atoms with E-state index in [4.69, 9.17) is 23.2 Å². The SMILES string of the molecule is CC1(CNC(=O)NC2CC2)CCCN(C(=O)CN(c2cc(C(F)(F)F)ccc2Cl)S(=O)(=O)c2ccc(Cl)cc2)C1. The molecule has 1 saturated heterocycles. The fraction of sp³-hybridized carbons (Fsp3) is 0.462. The third kappa shape index (κ3) is 7.32. The van der Waals surface area contributed by atoms with Crippen molar-refractivity contribution in [3.05, 3.63) is 58.1 Å². The van der Waals surface area contributed by atoms with E-state index in [0.29, 0.717) is 36.3 Å². The highest BCUT2D eigenvalue weighted by Crippen LogP contribution is 2.38. The van der Waals surface area contributed by atoms with E-state index in [-0.39, 0.29) is 33.6 Å². The molecule has 2 fully saturated rings. The number of benzene rings is 2. The van der Waals surface area contributed by atoms with E-state index in [0.717, 1.165) is 25.0 Å². The molecule has 4 rings (SSSR count). The molecule has 2 aromatic rings. The lowest BCUT2D eigenvalue weighted by atomic mass is 9.81. The van der Waals surface area contributed by atoms with Crippen molar-refractivity contribution in [1.82, 2.24) is 15.5 Å². The van der Waals surface area contributed by atoms with Crippen molar-refractivity contribution in [2.24, 2.45) is 5.41 Å². The van der Waals surface area contributed by atoms with Crippen LogP contribution in [0.1, 0.15) is 38.2 Å². The van der Waals surface area contributed by atoms with Gasteiger partial charge in [-0.25, -0.2) is 13.2 Å². The lowest BCUT2D eigenvalue weighted by molar-refractivity contribution is -0.137. The number of carbonyl (C=O) groups is 2. The van der Waals surface area contributed by atoms with Gasteiger partial charge in [-0.3, -0.25) is 9.10 Å². The Labute approximate surface area is 240 Å². The first-order valence-corrected chi connectivity index (χ1v) is 14.8. The topological polar surface area (TPSA) is 98.8 Å². The van der Waals surface area contributed by atoms with Crippen LogP contribution in [0.4, 0.5) is 23.7 Å². The number of hydrogen-bond donors (Lipinski definition) is 2. The molecule has 0 spiro atoms. The van der Waals surface area contributed by atoms with Crippen molar-refractivity contribution in [3.8, 4) is 0 Å². The monoisotopic (exact) mass is 620 g/mol. The first-order chi connectivity index (χ1) is 18.7. The number of nitrogens with one attached hydrogen (secondary N) is 2. The molecule has 1 aliphatic heterocycles. The second-order valence-electron chi connectivity index (χ2n) is 10.5.